The van der Waals surface area contributed by atoms with Crippen LogP contribution in [-0.2, 0) is 18.9 Å². The molecule has 0 aliphatic heterocycles. The van der Waals surface area contributed by atoms with Crippen LogP contribution in [0, 0.1) is 0 Å². The van der Waals surface area contributed by atoms with Crippen LogP contribution in [0.15, 0.2) is 11.6 Å². The SMILES string of the molecule is Cn1ncc2c(NCCCc3csc(N)n3)nc(C(C)(C)C)nc21. The van der Waals surface area contributed by atoms with Crippen molar-refractivity contribution in [1.29, 1.82) is 0 Å². The standard InChI is InChI=1S/C16H23N7S/c1-16(2,3)14-21-12(11-8-19-23(4)13(11)22-14)18-7-5-6-10-9-24-15(17)20-10/h8-9H,5-7H2,1-4H3,(H2,17,20)(H,18,21,22). The first kappa shape index (κ1) is 16.6. The first-order chi connectivity index (χ1) is 11.3. The zero-order valence-corrected chi connectivity index (χ0v) is 15.3. The maximum absolute atomic E-state index is 5.66. The van der Waals surface area contributed by atoms with Gasteiger partial charge < -0.3 is 11.1 Å². The van der Waals surface area contributed by atoms with Gasteiger partial charge >= 0.3 is 0 Å². The van der Waals surface area contributed by atoms with Gasteiger partial charge in [0.15, 0.2) is 10.8 Å². The number of hydrogen-bond donors (Lipinski definition) is 2. The number of nitrogens with one attached hydrogen (secondary N) is 1. The van der Waals surface area contributed by atoms with Crippen LogP contribution in [0.4, 0.5) is 10.9 Å². The fourth-order valence-electron chi connectivity index (χ4n) is 2.41. The van der Waals surface area contributed by atoms with Gasteiger partial charge in [-0.3, -0.25) is 4.68 Å². The van der Waals surface area contributed by atoms with Crippen LogP contribution >= 0.6 is 11.3 Å². The molecule has 0 atom stereocenters. The first-order valence-corrected chi connectivity index (χ1v) is 8.86. The molecule has 0 saturated heterocycles. The van der Waals surface area contributed by atoms with Crippen LogP contribution in [-0.4, -0.2) is 31.3 Å². The Balaban J connectivity index is 1.75. The second kappa shape index (κ2) is 6.35. The molecule has 0 radical (unpaired) electrons. The third-order valence-corrected chi connectivity index (χ3v) is 4.46. The van der Waals surface area contributed by atoms with Crippen LogP contribution in [0.25, 0.3) is 11.0 Å². The Morgan fingerprint density at radius 2 is 2.04 bits per heavy atom. The van der Waals surface area contributed by atoms with Gasteiger partial charge in [0.2, 0.25) is 0 Å². The van der Waals surface area contributed by atoms with Crippen molar-refractivity contribution in [2.24, 2.45) is 7.05 Å². The van der Waals surface area contributed by atoms with Crippen LogP contribution in [0.1, 0.15) is 38.7 Å². The Bertz CT molecular complexity index is 844. The summed E-state index contributed by atoms with van der Waals surface area (Å²) in [7, 11) is 1.90. The lowest BCUT2D eigenvalue weighted by atomic mass is 9.95. The Labute approximate surface area is 145 Å². The van der Waals surface area contributed by atoms with Crippen molar-refractivity contribution in [3.8, 4) is 0 Å². The maximum Gasteiger partial charge on any atom is 0.180 e. The minimum Gasteiger partial charge on any atom is -0.375 e. The predicted molar refractivity (Wildman–Crippen MR) is 98.3 cm³/mol. The molecule has 0 spiro atoms. The number of anilines is 2. The van der Waals surface area contributed by atoms with Gasteiger partial charge in [0.1, 0.15) is 11.6 Å². The number of thiazole rings is 1. The molecule has 3 heterocycles. The molecule has 7 nitrogen and oxygen atoms in total. The summed E-state index contributed by atoms with van der Waals surface area (Å²) in [4.78, 5) is 13.7. The Kier molecular flexibility index (Phi) is 4.40. The van der Waals surface area contributed by atoms with Gasteiger partial charge in [-0.2, -0.15) is 5.10 Å². The van der Waals surface area contributed by atoms with E-state index in [4.69, 9.17) is 10.7 Å². The topological polar surface area (TPSA) is 94.5 Å². The molecule has 3 rings (SSSR count). The Hall–Kier alpha value is -2.22. The third kappa shape index (κ3) is 3.48. The van der Waals surface area contributed by atoms with Gasteiger partial charge in [-0.25, -0.2) is 15.0 Å². The number of fused-ring (bicyclic) bond motifs is 1. The highest BCUT2D eigenvalue weighted by Gasteiger charge is 2.21. The molecule has 0 aliphatic carbocycles. The summed E-state index contributed by atoms with van der Waals surface area (Å²) in [5.41, 5.74) is 7.44. The molecule has 0 bridgehead atoms. The lowest BCUT2D eigenvalue weighted by Crippen LogP contribution is -2.18. The van der Waals surface area contributed by atoms with Crippen molar-refractivity contribution in [1.82, 2.24) is 24.7 Å². The molecule has 0 amide bonds. The monoisotopic (exact) mass is 345 g/mol. The fourth-order valence-corrected chi connectivity index (χ4v) is 3.00. The van der Waals surface area contributed by atoms with Gasteiger partial charge in [-0.05, 0) is 12.8 Å². The minimum atomic E-state index is -0.118. The van der Waals surface area contributed by atoms with E-state index in [1.165, 1.54) is 11.3 Å². The summed E-state index contributed by atoms with van der Waals surface area (Å²) in [6, 6.07) is 0. The second-order valence-corrected chi connectivity index (χ2v) is 7.75. The van der Waals surface area contributed by atoms with Crippen LogP contribution in [0.3, 0.4) is 0 Å². The highest BCUT2D eigenvalue weighted by molar-refractivity contribution is 7.13. The van der Waals surface area contributed by atoms with Crippen molar-refractivity contribution < 1.29 is 0 Å². The summed E-state index contributed by atoms with van der Waals surface area (Å²) in [6.45, 7) is 7.14. The molecule has 0 saturated carbocycles. The fraction of sp³-hybridized carbons (Fsp3) is 0.500. The zero-order chi connectivity index (χ0) is 17.3. The van der Waals surface area contributed by atoms with Crippen LogP contribution < -0.4 is 11.1 Å². The Morgan fingerprint density at radius 3 is 2.71 bits per heavy atom. The highest BCUT2D eigenvalue weighted by Crippen LogP contribution is 2.25. The molecule has 3 aromatic rings. The number of rotatable bonds is 5. The number of aryl methyl sites for hydroxylation is 2. The van der Waals surface area contributed by atoms with Crippen molar-refractivity contribution in [3.63, 3.8) is 0 Å². The van der Waals surface area contributed by atoms with E-state index in [2.05, 4.69) is 41.2 Å². The smallest absolute Gasteiger partial charge is 0.180 e. The van der Waals surface area contributed by atoms with Gasteiger partial charge in [0, 0.05) is 24.4 Å². The number of hydrogen-bond acceptors (Lipinski definition) is 7. The normalized spacial score (nSPS) is 12.0. The minimum absolute atomic E-state index is 0.118. The molecular formula is C16H23N7S. The molecule has 0 aromatic carbocycles. The van der Waals surface area contributed by atoms with Gasteiger partial charge in [0.25, 0.3) is 0 Å². The van der Waals surface area contributed by atoms with E-state index < -0.39 is 0 Å². The van der Waals surface area contributed by atoms with Crippen molar-refractivity contribution in [3.05, 3.63) is 23.1 Å². The van der Waals surface area contributed by atoms with Crippen LogP contribution in [0.5, 0.6) is 0 Å². The molecule has 128 valence electrons. The summed E-state index contributed by atoms with van der Waals surface area (Å²) in [5.74, 6) is 1.66. The van der Waals surface area contributed by atoms with E-state index in [0.29, 0.717) is 5.13 Å². The van der Waals surface area contributed by atoms with Gasteiger partial charge in [0.05, 0.1) is 17.3 Å². The lowest BCUT2D eigenvalue weighted by Gasteiger charge is -2.18. The molecule has 24 heavy (non-hydrogen) atoms. The number of nitrogens with zero attached hydrogens (tertiary/aromatic N) is 5. The van der Waals surface area contributed by atoms with E-state index >= 15 is 0 Å². The van der Waals surface area contributed by atoms with Crippen molar-refractivity contribution in [2.45, 2.75) is 39.0 Å². The van der Waals surface area contributed by atoms with E-state index in [9.17, 15) is 0 Å². The second-order valence-electron chi connectivity index (χ2n) is 6.86. The number of aromatic nitrogens is 5. The predicted octanol–water partition coefficient (Wildman–Crippen LogP) is 2.74. The molecular weight excluding hydrogens is 322 g/mol. The number of nitrogens with two attached hydrogens (primary N) is 1. The third-order valence-electron chi connectivity index (χ3n) is 3.73. The average Bonchev–Trinajstić information content (AvgIpc) is 3.09. The first-order valence-electron chi connectivity index (χ1n) is 7.98. The summed E-state index contributed by atoms with van der Waals surface area (Å²) in [5, 5.41) is 11.3. The summed E-state index contributed by atoms with van der Waals surface area (Å²) < 4.78 is 1.79. The molecule has 3 aromatic heterocycles. The molecule has 8 heteroatoms. The maximum atomic E-state index is 5.66. The van der Waals surface area contributed by atoms with E-state index in [1.807, 2.05) is 18.6 Å². The number of nitrogen functional groups attached to an aromatic ring is 1. The average molecular weight is 345 g/mol. The van der Waals surface area contributed by atoms with E-state index in [1.54, 1.807) is 4.68 Å². The Morgan fingerprint density at radius 1 is 1.25 bits per heavy atom. The molecule has 0 aliphatic rings. The summed E-state index contributed by atoms with van der Waals surface area (Å²) >= 11 is 1.48. The van der Waals surface area contributed by atoms with Crippen LogP contribution in [0.2, 0.25) is 0 Å². The van der Waals surface area contributed by atoms with Gasteiger partial charge in [-0.1, -0.05) is 20.8 Å². The van der Waals surface area contributed by atoms with Crippen molar-refractivity contribution >= 4 is 33.3 Å². The van der Waals surface area contributed by atoms with E-state index in [-0.39, 0.29) is 5.41 Å². The summed E-state index contributed by atoms with van der Waals surface area (Å²) in [6.07, 6.45) is 3.67. The largest absolute Gasteiger partial charge is 0.375 e. The zero-order valence-electron chi connectivity index (χ0n) is 14.5. The molecule has 3 N–H and O–H groups in total. The lowest BCUT2D eigenvalue weighted by molar-refractivity contribution is 0.547. The molecule has 0 unspecified atom stereocenters. The van der Waals surface area contributed by atoms with Gasteiger partial charge in [-0.15, -0.1) is 11.3 Å². The van der Waals surface area contributed by atoms with E-state index in [0.717, 1.165) is 47.8 Å². The molecule has 0 fully saturated rings. The highest BCUT2D eigenvalue weighted by atomic mass is 32.1. The van der Waals surface area contributed by atoms with Crippen molar-refractivity contribution in [2.75, 3.05) is 17.6 Å². The quantitative estimate of drug-likeness (QED) is 0.691.